The highest BCUT2D eigenvalue weighted by atomic mass is 35.5. The maximum Gasteiger partial charge on any atom is 0.289 e. The maximum absolute atomic E-state index is 14.4. The Morgan fingerprint density at radius 1 is 1.04 bits per heavy atom. The lowest BCUT2D eigenvalue weighted by molar-refractivity contribution is 0.0716. The Balaban J connectivity index is 1.46. The van der Waals surface area contributed by atoms with Crippen molar-refractivity contribution in [2.45, 2.75) is 6.92 Å². The fourth-order valence-corrected chi connectivity index (χ4v) is 3.59. The first kappa shape index (κ1) is 18.5. The van der Waals surface area contributed by atoms with Crippen LogP contribution in [0.15, 0.2) is 46.9 Å². The topological polar surface area (TPSA) is 53.8 Å². The fourth-order valence-electron chi connectivity index (χ4n) is 3.41. The third-order valence-electron chi connectivity index (χ3n) is 4.95. The second-order valence-electron chi connectivity index (χ2n) is 6.79. The Bertz CT molecular complexity index is 1070. The lowest BCUT2D eigenvalue weighted by Gasteiger charge is -2.35. The standard InChI is InChI=1S/C21H18ClFN2O3/c1-13(26)14-2-4-18(17(23)11-14)24-6-8-25(9-7-24)21(27)20-12-15-10-16(22)3-5-19(15)28-20/h2-5,10-12H,6-9H2,1H3. The van der Waals surface area contributed by atoms with Gasteiger partial charge in [-0.1, -0.05) is 11.6 Å². The van der Waals surface area contributed by atoms with Crippen molar-refractivity contribution in [1.29, 1.82) is 0 Å². The Morgan fingerprint density at radius 3 is 2.46 bits per heavy atom. The highest BCUT2D eigenvalue weighted by Gasteiger charge is 2.26. The molecule has 144 valence electrons. The molecule has 0 atom stereocenters. The molecule has 0 radical (unpaired) electrons. The van der Waals surface area contributed by atoms with E-state index in [1.54, 1.807) is 41.3 Å². The summed E-state index contributed by atoms with van der Waals surface area (Å²) in [5, 5.41) is 1.36. The zero-order valence-corrected chi connectivity index (χ0v) is 16.0. The van der Waals surface area contributed by atoms with Crippen LogP contribution in [-0.4, -0.2) is 42.8 Å². The average Bonchev–Trinajstić information content (AvgIpc) is 3.10. The van der Waals surface area contributed by atoms with E-state index in [0.717, 1.165) is 5.39 Å². The van der Waals surface area contributed by atoms with E-state index in [-0.39, 0.29) is 17.5 Å². The first-order valence-electron chi connectivity index (χ1n) is 8.96. The summed E-state index contributed by atoms with van der Waals surface area (Å²) < 4.78 is 20.0. The molecule has 0 saturated carbocycles. The monoisotopic (exact) mass is 400 g/mol. The number of Topliss-reactive ketones (excluding diaryl/α,β-unsaturated/α-hetero) is 1. The van der Waals surface area contributed by atoms with E-state index in [4.69, 9.17) is 16.0 Å². The van der Waals surface area contributed by atoms with Gasteiger partial charge in [0.2, 0.25) is 0 Å². The minimum atomic E-state index is -0.429. The summed E-state index contributed by atoms with van der Waals surface area (Å²) in [6, 6.07) is 11.4. The second kappa shape index (κ2) is 7.28. The molecule has 1 aliphatic heterocycles. The number of anilines is 1. The lowest BCUT2D eigenvalue weighted by Crippen LogP contribution is -2.49. The number of hydrogen-bond donors (Lipinski definition) is 0. The van der Waals surface area contributed by atoms with Crippen molar-refractivity contribution in [3.05, 3.63) is 64.6 Å². The summed E-state index contributed by atoms with van der Waals surface area (Å²) in [5.41, 5.74) is 1.40. The smallest absolute Gasteiger partial charge is 0.289 e. The number of fused-ring (bicyclic) bond motifs is 1. The Kier molecular flexibility index (Phi) is 4.81. The summed E-state index contributed by atoms with van der Waals surface area (Å²) in [6.07, 6.45) is 0. The highest BCUT2D eigenvalue weighted by molar-refractivity contribution is 6.31. The molecule has 1 amide bonds. The zero-order chi connectivity index (χ0) is 19.8. The van der Waals surface area contributed by atoms with E-state index < -0.39 is 5.82 Å². The molecule has 28 heavy (non-hydrogen) atoms. The van der Waals surface area contributed by atoms with E-state index in [1.807, 2.05) is 4.90 Å². The van der Waals surface area contributed by atoms with Gasteiger partial charge in [0.25, 0.3) is 5.91 Å². The van der Waals surface area contributed by atoms with Crippen LogP contribution < -0.4 is 4.90 Å². The number of rotatable bonds is 3. The number of furan rings is 1. The van der Waals surface area contributed by atoms with Crippen LogP contribution in [0.2, 0.25) is 5.02 Å². The molecule has 7 heteroatoms. The molecule has 3 aromatic rings. The Hall–Kier alpha value is -2.86. The molecule has 0 bridgehead atoms. The summed E-state index contributed by atoms with van der Waals surface area (Å²) in [6.45, 7) is 3.29. The molecule has 1 aliphatic rings. The van der Waals surface area contributed by atoms with E-state index in [2.05, 4.69) is 0 Å². The minimum absolute atomic E-state index is 0.173. The van der Waals surface area contributed by atoms with Crippen LogP contribution in [0.5, 0.6) is 0 Å². The number of hydrogen-bond acceptors (Lipinski definition) is 4. The Morgan fingerprint density at radius 2 is 1.79 bits per heavy atom. The first-order valence-corrected chi connectivity index (χ1v) is 9.34. The van der Waals surface area contributed by atoms with Crippen LogP contribution in [-0.2, 0) is 0 Å². The summed E-state index contributed by atoms with van der Waals surface area (Å²) >= 11 is 5.98. The average molecular weight is 401 g/mol. The van der Waals surface area contributed by atoms with Gasteiger partial charge in [-0.25, -0.2) is 4.39 Å². The summed E-state index contributed by atoms with van der Waals surface area (Å²) in [4.78, 5) is 27.7. The van der Waals surface area contributed by atoms with Crippen molar-refractivity contribution in [3.8, 4) is 0 Å². The van der Waals surface area contributed by atoms with Crippen molar-refractivity contribution in [2.24, 2.45) is 0 Å². The maximum atomic E-state index is 14.4. The van der Waals surface area contributed by atoms with Crippen LogP contribution in [0, 0.1) is 5.82 Å². The number of amides is 1. The van der Waals surface area contributed by atoms with Crippen molar-refractivity contribution < 1.29 is 18.4 Å². The van der Waals surface area contributed by atoms with Crippen LogP contribution >= 0.6 is 11.6 Å². The highest BCUT2D eigenvalue weighted by Crippen LogP contribution is 2.26. The van der Waals surface area contributed by atoms with E-state index >= 15 is 0 Å². The van der Waals surface area contributed by atoms with Gasteiger partial charge in [0.1, 0.15) is 11.4 Å². The van der Waals surface area contributed by atoms with Crippen LogP contribution in [0.4, 0.5) is 10.1 Å². The molecule has 0 N–H and O–H groups in total. The number of nitrogens with zero attached hydrogens (tertiary/aromatic N) is 2. The van der Waals surface area contributed by atoms with Crippen LogP contribution in [0.25, 0.3) is 11.0 Å². The molecular formula is C21H18ClFN2O3. The second-order valence-corrected chi connectivity index (χ2v) is 7.23. The molecule has 1 saturated heterocycles. The molecular weight excluding hydrogens is 383 g/mol. The van der Waals surface area contributed by atoms with Gasteiger partial charge in [-0.05, 0) is 49.4 Å². The molecule has 0 spiro atoms. The SMILES string of the molecule is CC(=O)c1ccc(N2CCN(C(=O)c3cc4cc(Cl)ccc4o3)CC2)c(F)c1. The van der Waals surface area contributed by atoms with Gasteiger partial charge in [-0.15, -0.1) is 0 Å². The number of piperazine rings is 1. The number of ketones is 1. The number of halogens is 2. The van der Waals surface area contributed by atoms with Crippen LogP contribution in [0.3, 0.4) is 0 Å². The van der Waals surface area contributed by atoms with E-state index in [1.165, 1.54) is 13.0 Å². The van der Waals surface area contributed by atoms with Crippen molar-refractivity contribution >= 4 is 39.9 Å². The van der Waals surface area contributed by atoms with Gasteiger partial charge in [0.15, 0.2) is 11.5 Å². The van der Waals surface area contributed by atoms with Gasteiger partial charge in [-0.2, -0.15) is 0 Å². The summed E-state index contributed by atoms with van der Waals surface area (Å²) in [7, 11) is 0. The third kappa shape index (κ3) is 3.47. The van der Waals surface area contributed by atoms with Crippen molar-refractivity contribution in [1.82, 2.24) is 4.90 Å². The van der Waals surface area contributed by atoms with Crippen molar-refractivity contribution in [2.75, 3.05) is 31.1 Å². The molecule has 2 aromatic carbocycles. The normalized spacial score (nSPS) is 14.5. The van der Waals surface area contributed by atoms with Gasteiger partial charge in [-0.3, -0.25) is 9.59 Å². The van der Waals surface area contributed by atoms with Gasteiger partial charge >= 0.3 is 0 Å². The van der Waals surface area contributed by atoms with Crippen molar-refractivity contribution in [3.63, 3.8) is 0 Å². The first-order chi connectivity index (χ1) is 13.4. The predicted molar refractivity (Wildman–Crippen MR) is 106 cm³/mol. The Labute approximate surface area is 166 Å². The van der Waals surface area contributed by atoms with E-state index in [9.17, 15) is 14.0 Å². The lowest BCUT2D eigenvalue weighted by atomic mass is 10.1. The molecule has 1 fully saturated rings. The molecule has 2 heterocycles. The molecule has 0 unspecified atom stereocenters. The fraction of sp³-hybridized carbons (Fsp3) is 0.238. The number of carbonyl (C=O) groups is 2. The van der Waals surface area contributed by atoms with Gasteiger partial charge < -0.3 is 14.2 Å². The predicted octanol–water partition coefficient (Wildman–Crippen LogP) is 4.39. The van der Waals surface area contributed by atoms with Gasteiger partial charge in [0.05, 0.1) is 5.69 Å². The molecule has 5 nitrogen and oxygen atoms in total. The molecule has 1 aromatic heterocycles. The molecule has 4 rings (SSSR count). The molecule has 0 aliphatic carbocycles. The quantitative estimate of drug-likeness (QED) is 0.612. The van der Waals surface area contributed by atoms with E-state index in [0.29, 0.717) is 48.0 Å². The summed E-state index contributed by atoms with van der Waals surface area (Å²) in [5.74, 6) is -0.531. The number of carbonyl (C=O) groups excluding carboxylic acids is 2. The largest absolute Gasteiger partial charge is 0.451 e. The van der Waals surface area contributed by atoms with Crippen LogP contribution in [0.1, 0.15) is 27.8 Å². The number of benzene rings is 2. The zero-order valence-electron chi connectivity index (χ0n) is 15.2. The minimum Gasteiger partial charge on any atom is -0.451 e. The van der Waals surface area contributed by atoms with Gasteiger partial charge in [0, 0.05) is 42.2 Å². The third-order valence-corrected chi connectivity index (χ3v) is 5.19.